The molecule has 5 nitrogen and oxygen atoms in total. The first-order chi connectivity index (χ1) is 9.25. The summed E-state index contributed by atoms with van der Waals surface area (Å²) in [4.78, 5) is 23.3. The minimum Gasteiger partial charge on any atom is -0.334 e. The molecule has 0 heterocycles. The van der Waals surface area contributed by atoms with Gasteiger partial charge in [-0.2, -0.15) is 0 Å². The number of amides is 3. The van der Waals surface area contributed by atoms with E-state index in [1.807, 2.05) is 6.07 Å². The lowest BCUT2D eigenvalue weighted by atomic mass is 9.96. The van der Waals surface area contributed by atoms with Gasteiger partial charge in [-0.05, 0) is 25.0 Å². The van der Waals surface area contributed by atoms with Crippen molar-refractivity contribution in [3.05, 3.63) is 35.9 Å². The third-order valence-corrected chi connectivity index (χ3v) is 3.27. The predicted octanol–water partition coefficient (Wildman–Crippen LogP) is 1.96. The summed E-state index contributed by atoms with van der Waals surface area (Å²) < 4.78 is 0. The van der Waals surface area contributed by atoms with Crippen LogP contribution in [0.3, 0.4) is 0 Å². The van der Waals surface area contributed by atoms with Crippen LogP contribution in [-0.2, 0) is 0 Å². The maximum Gasteiger partial charge on any atom is 0.333 e. The molecule has 1 fully saturated rings. The first-order valence-corrected chi connectivity index (χ1v) is 6.67. The zero-order valence-electron chi connectivity index (χ0n) is 10.8. The summed E-state index contributed by atoms with van der Waals surface area (Å²) in [6, 6.07) is 8.64. The van der Waals surface area contributed by atoms with Crippen molar-refractivity contribution in [1.82, 2.24) is 16.2 Å². The summed E-state index contributed by atoms with van der Waals surface area (Å²) in [7, 11) is 0. The van der Waals surface area contributed by atoms with Crippen molar-refractivity contribution in [1.29, 1.82) is 0 Å². The fraction of sp³-hybridized carbons (Fsp3) is 0.429. The maximum absolute atomic E-state index is 11.7. The molecule has 19 heavy (non-hydrogen) atoms. The second-order valence-electron chi connectivity index (χ2n) is 4.75. The Bertz CT molecular complexity index is 428. The van der Waals surface area contributed by atoms with Crippen molar-refractivity contribution in [3.63, 3.8) is 0 Å². The van der Waals surface area contributed by atoms with Crippen molar-refractivity contribution in [2.24, 2.45) is 0 Å². The topological polar surface area (TPSA) is 70.2 Å². The summed E-state index contributed by atoms with van der Waals surface area (Å²) in [5, 5.41) is 2.86. The van der Waals surface area contributed by atoms with E-state index in [9.17, 15) is 9.59 Å². The molecule has 3 amide bonds. The molecule has 1 aliphatic rings. The van der Waals surface area contributed by atoms with Crippen LogP contribution in [-0.4, -0.2) is 18.0 Å². The first-order valence-electron chi connectivity index (χ1n) is 6.67. The second-order valence-corrected chi connectivity index (χ2v) is 4.75. The predicted molar refractivity (Wildman–Crippen MR) is 72.4 cm³/mol. The van der Waals surface area contributed by atoms with Gasteiger partial charge in [0.05, 0.1) is 0 Å². The molecule has 0 aliphatic heterocycles. The molecule has 0 saturated heterocycles. The fourth-order valence-corrected chi connectivity index (χ4v) is 2.24. The molecule has 5 heteroatoms. The van der Waals surface area contributed by atoms with Gasteiger partial charge < -0.3 is 5.32 Å². The highest BCUT2D eigenvalue weighted by atomic mass is 16.2. The molecule has 0 bridgehead atoms. The minimum atomic E-state index is -0.351. The average molecular weight is 261 g/mol. The van der Waals surface area contributed by atoms with Gasteiger partial charge in [0.15, 0.2) is 0 Å². The summed E-state index contributed by atoms with van der Waals surface area (Å²) in [6.07, 6.45) is 5.58. The highest BCUT2D eigenvalue weighted by Crippen LogP contribution is 2.16. The molecule has 3 N–H and O–H groups in total. The van der Waals surface area contributed by atoms with Gasteiger partial charge in [-0.15, -0.1) is 0 Å². The number of hydrogen-bond donors (Lipinski definition) is 3. The lowest BCUT2D eigenvalue weighted by molar-refractivity contribution is 0.0935. The molecule has 1 aliphatic carbocycles. The van der Waals surface area contributed by atoms with Crippen LogP contribution in [0.1, 0.15) is 42.5 Å². The van der Waals surface area contributed by atoms with Gasteiger partial charge in [0.1, 0.15) is 0 Å². The Morgan fingerprint density at radius 2 is 1.63 bits per heavy atom. The van der Waals surface area contributed by atoms with E-state index in [1.54, 1.807) is 24.3 Å². The lowest BCUT2D eigenvalue weighted by Crippen LogP contribution is -2.50. The number of hydrazine groups is 1. The quantitative estimate of drug-likeness (QED) is 0.712. The molecule has 0 spiro atoms. The molecule has 1 aromatic rings. The SMILES string of the molecule is O=C(NNC(=O)c1ccccc1)NC1CCCCC1. The van der Waals surface area contributed by atoms with Gasteiger partial charge in [0.25, 0.3) is 5.91 Å². The largest absolute Gasteiger partial charge is 0.334 e. The van der Waals surface area contributed by atoms with E-state index in [4.69, 9.17) is 0 Å². The van der Waals surface area contributed by atoms with Crippen LogP contribution in [0.4, 0.5) is 4.79 Å². The number of benzene rings is 1. The second kappa shape index (κ2) is 6.78. The third-order valence-electron chi connectivity index (χ3n) is 3.27. The van der Waals surface area contributed by atoms with E-state index < -0.39 is 0 Å². The Morgan fingerprint density at radius 1 is 0.947 bits per heavy atom. The first kappa shape index (κ1) is 13.4. The Balaban J connectivity index is 1.72. The Labute approximate surface area is 112 Å². The Morgan fingerprint density at radius 3 is 2.32 bits per heavy atom. The molecule has 2 rings (SSSR count). The monoisotopic (exact) mass is 261 g/mol. The van der Waals surface area contributed by atoms with Gasteiger partial charge in [-0.1, -0.05) is 37.5 Å². The Hall–Kier alpha value is -2.04. The van der Waals surface area contributed by atoms with E-state index in [-0.39, 0.29) is 18.0 Å². The zero-order chi connectivity index (χ0) is 13.5. The van der Waals surface area contributed by atoms with Gasteiger partial charge in [0, 0.05) is 11.6 Å². The molecule has 102 valence electrons. The smallest absolute Gasteiger partial charge is 0.333 e. The molecular weight excluding hydrogens is 242 g/mol. The van der Waals surface area contributed by atoms with Gasteiger partial charge in [-0.25, -0.2) is 10.2 Å². The van der Waals surface area contributed by atoms with Crippen LogP contribution in [0.15, 0.2) is 30.3 Å². The van der Waals surface area contributed by atoms with Crippen LogP contribution < -0.4 is 16.2 Å². The maximum atomic E-state index is 11.7. The van der Waals surface area contributed by atoms with Crippen LogP contribution in [0.25, 0.3) is 0 Å². The molecule has 0 radical (unpaired) electrons. The normalized spacial score (nSPS) is 15.6. The van der Waals surface area contributed by atoms with E-state index in [1.165, 1.54) is 6.42 Å². The van der Waals surface area contributed by atoms with E-state index in [0.29, 0.717) is 5.56 Å². The minimum absolute atomic E-state index is 0.224. The Kier molecular flexibility index (Phi) is 4.78. The van der Waals surface area contributed by atoms with Gasteiger partial charge in [0.2, 0.25) is 0 Å². The van der Waals surface area contributed by atoms with Crippen LogP contribution in [0.5, 0.6) is 0 Å². The number of nitrogens with one attached hydrogen (secondary N) is 3. The van der Waals surface area contributed by atoms with Crippen molar-refractivity contribution < 1.29 is 9.59 Å². The number of rotatable bonds is 2. The number of carbonyl (C=O) groups excluding carboxylic acids is 2. The summed E-state index contributed by atoms with van der Waals surface area (Å²) in [6.45, 7) is 0. The number of carbonyl (C=O) groups is 2. The molecular formula is C14H19N3O2. The highest BCUT2D eigenvalue weighted by molar-refractivity contribution is 5.95. The number of hydrogen-bond acceptors (Lipinski definition) is 2. The van der Waals surface area contributed by atoms with Gasteiger partial charge in [-0.3, -0.25) is 10.2 Å². The zero-order valence-corrected chi connectivity index (χ0v) is 10.8. The summed E-state index contributed by atoms with van der Waals surface area (Å²) in [5.41, 5.74) is 5.28. The fourth-order valence-electron chi connectivity index (χ4n) is 2.24. The third kappa shape index (κ3) is 4.28. The summed E-state index contributed by atoms with van der Waals surface area (Å²) >= 11 is 0. The van der Waals surface area contributed by atoms with Crippen molar-refractivity contribution in [2.75, 3.05) is 0 Å². The molecule has 0 unspecified atom stereocenters. The average Bonchev–Trinajstić information content (AvgIpc) is 2.47. The van der Waals surface area contributed by atoms with Crippen LogP contribution in [0, 0.1) is 0 Å². The van der Waals surface area contributed by atoms with E-state index in [0.717, 1.165) is 25.7 Å². The molecule has 1 aromatic carbocycles. The van der Waals surface area contributed by atoms with Crippen LogP contribution >= 0.6 is 0 Å². The van der Waals surface area contributed by atoms with Crippen LogP contribution in [0.2, 0.25) is 0 Å². The van der Waals surface area contributed by atoms with E-state index >= 15 is 0 Å². The van der Waals surface area contributed by atoms with E-state index in [2.05, 4.69) is 16.2 Å². The van der Waals surface area contributed by atoms with Crippen molar-refractivity contribution in [2.45, 2.75) is 38.1 Å². The molecule has 0 aromatic heterocycles. The standard InChI is InChI=1S/C14H19N3O2/c18-13(11-7-3-1-4-8-11)16-17-14(19)15-12-9-5-2-6-10-12/h1,3-4,7-8,12H,2,5-6,9-10H2,(H,16,18)(H2,15,17,19). The van der Waals surface area contributed by atoms with Gasteiger partial charge >= 0.3 is 6.03 Å². The van der Waals surface area contributed by atoms with Crippen molar-refractivity contribution >= 4 is 11.9 Å². The van der Waals surface area contributed by atoms with Crippen molar-refractivity contribution in [3.8, 4) is 0 Å². The number of urea groups is 1. The summed E-state index contributed by atoms with van der Waals surface area (Å²) in [5.74, 6) is -0.320. The highest BCUT2D eigenvalue weighted by Gasteiger charge is 2.15. The lowest BCUT2D eigenvalue weighted by Gasteiger charge is -2.22. The molecule has 1 saturated carbocycles. The molecule has 0 atom stereocenters.